The number of benzene rings is 1. The Labute approximate surface area is 122 Å². The molecule has 0 bridgehead atoms. The SMILES string of the molecule is Cc1cc(Br)ccc1N1CC(C)N(C)C(CO)C1=O. The number of amides is 1. The molecule has 5 heteroatoms. The van der Waals surface area contributed by atoms with E-state index in [1.165, 1.54) is 0 Å². The highest BCUT2D eigenvalue weighted by molar-refractivity contribution is 9.10. The number of aliphatic hydroxyl groups excluding tert-OH is 1. The van der Waals surface area contributed by atoms with E-state index in [1.54, 1.807) is 4.90 Å². The van der Waals surface area contributed by atoms with Crippen molar-refractivity contribution < 1.29 is 9.90 Å². The fourth-order valence-electron chi connectivity index (χ4n) is 2.49. The lowest BCUT2D eigenvalue weighted by Gasteiger charge is -2.42. The lowest BCUT2D eigenvalue weighted by molar-refractivity contribution is -0.128. The Morgan fingerprint density at radius 1 is 1.47 bits per heavy atom. The summed E-state index contributed by atoms with van der Waals surface area (Å²) in [7, 11) is 1.88. The molecule has 2 unspecified atom stereocenters. The van der Waals surface area contributed by atoms with E-state index in [0.29, 0.717) is 6.54 Å². The first-order chi connectivity index (χ1) is 8.95. The lowest BCUT2D eigenvalue weighted by Crippen LogP contribution is -2.61. The third-order valence-electron chi connectivity index (χ3n) is 3.81. The summed E-state index contributed by atoms with van der Waals surface area (Å²) in [4.78, 5) is 16.2. The third-order valence-corrected chi connectivity index (χ3v) is 4.30. The van der Waals surface area contributed by atoms with Crippen molar-refractivity contribution in [3.8, 4) is 0 Å². The molecule has 1 aliphatic heterocycles. The number of halogens is 1. The Morgan fingerprint density at radius 2 is 2.16 bits per heavy atom. The average molecular weight is 327 g/mol. The molecule has 0 radical (unpaired) electrons. The van der Waals surface area contributed by atoms with Crippen LogP contribution in [0.2, 0.25) is 0 Å². The first kappa shape index (κ1) is 14.5. The van der Waals surface area contributed by atoms with Crippen LogP contribution in [0.25, 0.3) is 0 Å². The summed E-state index contributed by atoms with van der Waals surface area (Å²) in [6, 6.07) is 5.65. The van der Waals surface area contributed by atoms with Gasteiger partial charge in [-0.05, 0) is 44.7 Å². The monoisotopic (exact) mass is 326 g/mol. The third kappa shape index (κ3) is 2.68. The topological polar surface area (TPSA) is 43.8 Å². The van der Waals surface area contributed by atoms with Gasteiger partial charge in [0.05, 0.1) is 6.61 Å². The highest BCUT2D eigenvalue weighted by Gasteiger charge is 2.37. The molecule has 1 amide bonds. The van der Waals surface area contributed by atoms with Gasteiger partial charge < -0.3 is 10.0 Å². The van der Waals surface area contributed by atoms with Gasteiger partial charge in [0.1, 0.15) is 6.04 Å². The number of rotatable bonds is 2. The van der Waals surface area contributed by atoms with Gasteiger partial charge in [-0.3, -0.25) is 9.69 Å². The van der Waals surface area contributed by atoms with Gasteiger partial charge >= 0.3 is 0 Å². The quantitative estimate of drug-likeness (QED) is 0.901. The summed E-state index contributed by atoms with van der Waals surface area (Å²) in [6.45, 7) is 4.56. The molecule has 1 aromatic carbocycles. The minimum absolute atomic E-state index is 0.0338. The van der Waals surface area contributed by atoms with Crippen LogP contribution in [-0.4, -0.2) is 48.2 Å². The molecule has 104 valence electrons. The summed E-state index contributed by atoms with van der Waals surface area (Å²) < 4.78 is 1.00. The molecule has 2 atom stereocenters. The number of piperazine rings is 1. The van der Waals surface area contributed by atoms with Crippen LogP contribution in [-0.2, 0) is 4.79 Å². The van der Waals surface area contributed by atoms with Crippen LogP contribution in [0, 0.1) is 6.92 Å². The normalized spacial score (nSPS) is 24.9. The van der Waals surface area contributed by atoms with Crippen molar-refractivity contribution in [3.63, 3.8) is 0 Å². The highest BCUT2D eigenvalue weighted by Crippen LogP contribution is 2.27. The van der Waals surface area contributed by atoms with Gasteiger partial charge in [0.2, 0.25) is 5.91 Å². The predicted octanol–water partition coefficient (Wildman–Crippen LogP) is 1.79. The Balaban J connectivity index is 2.36. The van der Waals surface area contributed by atoms with E-state index in [4.69, 9.17) is 0 Å². The standard InChI is InChI=1S/C14H19BrN2O2/c1-9-6-11(15)4-5-12(9)17-7-10(2)16(3)13(8-18)14(17)19/h4-6,10,13,18H,7-8H2,1-3H3. The number of hydrogen-bond acceptors (Lipinski definition) is 3. The molecule has 1 aromatic rings. The number of aliphatic hydroxyl groups is 1. The van der Waals surface area contributed by atoms with Gasteiger partial charge in [-0.1, -0.05) is 15.9 Å². The fourth-order valence-corrected chi connectivity index (χ4v) is 2.97. The van der Waals surface area contributed by atoms with Gasteiger partial charge in [0, 0.05) is 22.7 Å². The van der Waals surface area contributed by atoms with Crippen LogP contribution in [0.4, 0.5) is 5.69 Å². The molecule has 2 rings (SSSR count). The molecule has 1 saturated heterocycles. The maximum absolute atomic E-state index is 12.5. The molecule has 1 heterocycles. The van der Waals surface area contributed by atoms with E-state index in [1.807, 2.05) is 37.1 Å². The molecule has 0 aliphatic carbocycles. The number of aryl methyl sites for hydroxylation is 1. The number of carbonyl (C=O) groups excluding carboxylic acids is 1. The first-order valence-corrected chi connectivity index (χ1v) is 7.15. The Hall–Kier alpha value is -0.910. The van der Waals surface area contributed by atoms with Gasteiger partial charge in [-0.15, -0.1) is 0 Å². The molecule has 0 spiro atoms. The molecule has 1 N–H and O–H groups in total. The van der Waals surface area contributed by atoms with Gasteiger partial charge in [-0.2, -0.15) is 0 Å². The van der Waals surface area contributed by atoms with E-state index in [0.717, 1.165) is 15.7 Å². The molecule has 0 aromatic heterocycles. The van der Waals surface area contributed by atoms with Crippen LogP contribution in [0.3, 0.4) is 0 Å². The fraction of sp³-hybridized carbons (Fsp3) is 0.500. The molecular formula is C14H19BrN2O2. The number of carbonyl (C=O) groups is 1. The number of hydrogen-bond donors (Lipinski definition) is 1. The second-order valence-electron chi connectivity index (χ2n) is 5.09. The summed E-state index contributed by atoms with van der Waals surface area (Å²) in [5, 5.41) is 9.43. The van der Waals surface area contributed by atoms with Crippen LogP contribution in [0.15, 0.2) is 22.7 Å². The number of nitrogens with zero attached hydrogens (tertiary/aromatic N) is 2. The largest absolute Gasteiger partial charge is 0.394 e. The Bertz CT molecular complexity index is 492. The average Bonchev–Trinajstić information content (AvgIpc) is 2.35. The molecule has 4 nitrogen and oxygen atoms in total. The second-order valence-corrected chi connectivity index (χ2v) is 6.01. The van der Waals surface area contributed by atoms with Gasteiger partial charge in [-0.25, -0.2) is 0 Å². The van der Waals surface area contributed by atoms with Crippen molar-refractivity contribution in [1.82, 2.24) is 4.90 Å². The zero-order valence-corrected chi connectivity index (χ0v) is 13.0. The van der Waals surface area contributed by atoms with Crippen molar-refractivity contribution in [2.24, 2.45) is 0 Å². The van der Waals surface area contributed by atoms with Crippen molar-refractivity contribution >= 4 is 27.5 Å². The lowest BCUT2D eigenvalue weighted by atomic mass is 10.0. The summed E-state index contributed by atoms with van der Waals surface area (Å²) >= 11 is 3.43. The van der Waals surface area contributed by atoms with Gasteiger partial charge in [0.15, 0.2) is 0 Å². The van der Waals surface area contributed by atoms with Crippen LogP contribution in [0.1, 0.15) is 12.5 Å². The smallest absolute Gasteiger partial charge is 0.246 e. The summed E-state index contributed by atoms with van der Waals surface area (Å²) in [5.74, 6) is -0.0338. The maximum atomic E-state index is 12.5. The number of likely N-dealkylation sites (N-methyl/N-ethyl adjacent to an activating group) is 1. The predicted molar refractivity (Wildman–Crippen MR) is 79.3 cm³/mol. The van der Waals surface area contributed by atoms with Crippen LogP contribution >= 0.6 is 15.9 Å². The minimum Gasteiger partial charge on any atom is -0.394 e. The Kier molecular flexibility index (Phi) is 4.28. The first-order valence-electron chi connectivity index (χ1n) is 6.36. The van der Waals surface area contributed by atoms with Crippen molar-refractivity contribution in [1.29, 1.82) is 0 Å². The van der Waals surface area contributed by atoms with E-state index in [2.05, 4.69) is 22.9 Å². The molecule has 1 fully saturated rings. The summed E-state index contributed by atoms with van der Waals surface area (Å²) in [6.07, 6.45) is 0. The molecule has 0 saturated carbocycles. The van der Waals surface area contributed by atoms with Crippen molar-refractivity contribution in [2.75, 3.05) is 25.1 Å². The highest BCUT2D eigenvalue weighted by atomic mass is 79.9. The minimum atomic E-state index is -0.452. The maximum Gasteiger partial charge on any atom is 0.246 e. The van der Waals surface area contributed by atoms with Crippen molar-refractivity contribution in [2.45, 2.75) is 25.9 Å². The van der Waals surface area contributed by atoms with Crippen molar-refractivity contribution in [3.05, 3.63) is 28.2 Å². The van der Waals surface area contributed by atoms with E-state index < -0.39 is 6.04 Å². The van der Waals surface area contributed by atoms with E-state index in [9.17, 15) is 9.90 Å². The number of anilines is 1. The molecule has 19 heavy (non-hydrogen) atoms. The Morgan fingerprint density at radius 3 is 2.74 bits per heavy atom. The second kappa shape index (κ2) is 5.61. The summed E-state index contributed by atoms with van der Waals surface area (Å²) in [5.41, 5.74) is 1.97. The molecular weight excluding hydrogens is 308 g/mol. The van der Waals surface area contributed by atoms with E-state index >= 15 is 0 Å². The van der Waals surface area contributed by atoms with Crippen LogP contribution in [0.5, 0.6) is 0 Å². The van der Waals surface area contributed by atoms with Gasteiger partial charge in [0.25, 0.3) is 0 Å². The molecule has 1 aliphatic rings. The zero-order valence-electron chi connectivity index (χ0n) is 11.4. The van der Waals surface area contributed by atoms with Crippen LogP contribution < -0.4 is 4.90 Å². The van der Waals surface area contributed by atoms with E-state index in [-0.39, 0.29) is 18.6 Å². The zero-order chi connectivity index (χ0) is 14.2.